The minimum Gasteiger partial charge on any atom is -0.493 e. The number of ether oxygens (including phenoxy) is 3. The molecular formula is C21H21N3O4S. The summed E-state index contributed by atoms with van der Waals surface area (Å²) in [4.78, 5) is 17.9. The first-order chi connectivity index (χ1) is 14.1. The number of carbonyl (C=O) groups is 1. The van der Waals surface area contributed by atoms with Crippen molar-refractivity contribution in [2.24, 2.45) is 0 Å². The van der Waals surface area contributed by atoms with Crippen LogP contribution in [0, 0.1) is 0 Å². The predicted octanol–water partition coefficient (Wildman–Crippen LogP) is 4.39. The van der Waals surface area contributed by atoms with Crippen LogP contribution < -0.4 is 24.8 Å². The second kappa shape index (κ2) is 8.00. The summed E-state index contributed by atoms with van der Waals surface area (Å²) in [7, 11) is 4.72. The SMILES string of the molecule is COc1cc(C2CC(=O)Nc3nc(Nc4ccccc4)sc32)cc(OC)c1OC. The van der Waals surface area contributed by atoms with Crippen molar-refractivity contribution >= 4 is 33.9 Å². The maximum atomic E-state index is 12.4. The van der Waals surface area contributed by atoms with Crippen LogP contribution in [0.2, 0.25) is 0 Å². The number of nitrogens with zero attached hydrogens (tertiary/aromatic N) is 1. The molecule has 1 aromatic heterocycles. The minimum absolute atomic E-state index is 0.0761. The molecule has 1 aliphatic heterocycles. The lowest BCUT2D eigenvalue weighted by molar-refractivity contribution is -0.116. The van der Waals surface area contributed by atoms with Gasteiger partial charge in [-0.3, -0.25) is 4.79 Å². The van der Waals surface area contributed by atoms with Gasteiger partial charge < -0.3 is 24.8 Å². The second-order valence-corrected chi connectivity index (χ2v) is 7.52. The Balaban J connectivity index is 1.74. The molecule has 0 radical (unpaired) electrons. The van der Waals surface area contributed by atoms with Crippen LogP contribution in [0.15, 0.2) is 42.5 Å². The molecular weight excluding hydrogens is 390 g/mol. The van der Waals surface area contributed by atoms with Gasteiger partial charge in [0.15, 0.2) is 16.6 Å². The van der Waals surface area contributed by atoms with Crippen molar-refractivity contribution in [2.45, 2.75) is 12.3 Å². The van der Waals surface area contributed by atoms with Crippen molar-refractivity contribution in [3.63, 3.8) is 0 Å². The zero-order valence-corrected chi connectivity index (χ0v) is 17.1. The van der Waals surface area contributed by atoms with Gasteiger partial charge >= 0.3 is 0 Å². The monoisotopic (exact) mass is 411 g/mol. The number of hydrogen-bond acceptors (Lipinski definition) is 7. The topological polar surface area (TPSA) is 81.7 Å². The zero-order valence-electron chi connectivity index (χ0n) is 16.3. The van der Waals surface area contributed by atoms with Gasteiger partial charge in [0.2, 0.25) is 11.7 Å². The summed E-state index contributed by atoms with van der Waals surface area (Å²) in [5.74, 6) is 1.99. The van der Waals surface area contributed by atoms with E-state index in [1.54, 1.807) is 21.3 Å². The molecule has 3 aromatic rings. The van der Waals surface area contributed by atoms with E-state index in [4.69, 9.17) is 14.2 Å². The number of benzene rings is 2. The highest BCUT2D eigenvalue weighted by atomic mass is 32.1. The Morgan fingerprint density at radius 1 is 1.07 bits per heavy atom. The van der Waals surface area contributed by atoms with Crippen LogP contribution in [-0.2, 0) is 4.79 Å². The van der Waals surface area contributed by atoms with E-state index in [0.29, 0.717) is 29.5 Å². The molecule has 2 aromatic carbocycles. The fraction of sp³-hybridized carbons (Fsp3) is 0.238. The number of anilines is 3. The van der Waals surface area contributed by atoms with E-state index in [2.05, 4.69) is 15.6 Å². The lowest BCUT2D eigenvalue weighted by Gasteiger charge is -2.23. The van der Waals surface area contributed by atoms with Gasteiger partial charge in [0.25, 0.3) is 0 Å². The number of methoxy groups -OCH3 is 3. The first-order valence-electron chi connectivity index (χ1n) is 9.05. The highest BCUT2D eigenvalue weighted by Crippen LogP contribution is 2.47. The van der Waals surface area contributed by atoms with E-state index in [0.717, 1.165) is 21.3 Å². The number of para-hydroxylation sites is 1. The Kier molecular flexibility index (Phi) is 5.26. The highest BCUT2D eigenvalue weighted by Gasteiger charge is 2.32. The number of aromatic nitrogens is 1. The Bertz CT molecular complexity index is 1010. The van der Waals surface area contributed by atoms with Gasteiger partial charge in [-0.1, -0.05) is 29.5 Å². The van der Waals surface area contributed by atoms with Crippen molar-refractivity contribution in [1.29, 1.82) is 0 Å². The van der Waals surface area contributed by atoms with Gasteiger partial charge in [0.05, 0.1) is 26.2 Å². The van der Waals surface area contributed by atoms with Crippen molar-refractivity contribution in [3.05, 3.63) is 52.9 Å². The molecule has 7 nitrogen and oxygen atoms in total. The lowest BCUT2D eigenvalue weighted by Crippen LogP contribution is -2.22. The smallest absolute Gasteiger partial charge is 0.226 e. The third-order valence-corrected chi connectivity index (χ3v) is 5.82. The van der Waals surface area contributed by atoms with Gasteiger partial charge in [-0.2, -0.15) is 0 Å². The number of rotatable bonds is 6. The second-order valence-electron chi connectivity index (χ2n) is 6.49. The van der Waals surface area contributed by atoms with E-state index in [9.17, 15) is 4.79 Å². The summed E-state index contributed by atoms with van der Waals surface area (Å²) in [6.07, 6.45) is 0.318. The number of fused-ring (bicyclic) bond motifs is 1. The molecule has 2 heterocycles. The number of hydrogen-bond donors (Lipinski definition) is 2. The van der Waals surface area contributed by atoms with Crippen molar-refractivity contribution in [2.75, 3.05) is 32.0 Å². The summed E-state index contributed by atoms with van der Waals surface area (Å²) in [5, 5.41) is 6.90. The van der Waals surface area contributed by atoms with Crippen LogP contribution in [0.1, 0.15) is 22.8 Å². The number of nitrogens with one attached hydrogen (secondary N) is 2. The quantitative estimate of drug-likeness (QED) is 0.626. The average Bonchev–Trinajstić information content (AvgIpc) is 3.14. The van der Waals surface area contributed by atoms with E-state index in [1.165, 1.54) is 11.3 Å². The van der Waals surface area contributed by atoms with Crippen molar-refractivity contribution in [3.8, 4) is 17.2 Å². The standard InChI is InChI=1S/C21H21N3O4S/c1-26-15-9-12(10-16(27-2)18(15)28-3)14-11-17(25)23-20-19(14)29-21(24-20)22-13-7-5-4-6-8-13/h4-10,14H,11H2,1-3H3,(H,22,24)(H,23,25). The summed E-state index contributed by atoms with van der Waals surface area (Å²) in [5.41, 5.74) is 1.85. The van der Waals surface area contributed by atoms with Gasteiger partial charge in [-0.05, 0) is 29.8 Å². The average molecular weight is 411 g/mol. The molecule has 0 bridgehead atoms. The molecule has 0 spiro atoms. The number of thiazole rings is 1. The van der Waals surface area contributed by atoms with E-state index in [-0.39, 0.29) is 11.8 Å². The molecule has 0 saturated carbocycles. The molecule has 1 unspecified atom stereocenters. The van der Waals surface area contributed by atoms with E-state index < -0.39 is 0 Å². The van der Waals surface area contributed by atoms with Crippen LogP contribution in [0.5, 0.6) is 17.2 Å². The number of carbonyl (C=O) groups excluding carboxylic acids is 1. The number of amides is 1. The molecule has 1 amide bonds. The molecule has 29 heavy (non-hydrogen) atoms. The molecule has 0 saturated heterocycles. The largest absolute Gasteiger partial charge is 0.493 e. The van der Waals surface area contributed by atoms with Gasteiger partial charge in [-0.15, -0.1) is 0 Å². The molecule has 4 rings (SSSR count). The molecule has 1 aliphatic rings. The van der Waals surface area contributed by atoms with Crippen molar-refractivity contribution in [1.82, 2.24) is 4.98 Å². The molecule has 2 N–H and O–H groups in total. The lowest BCUT2D eigenvalue weighted by atomic mass is 9.91. The van der Waals surface area contributed by atoms with E-state index >= 15 is 0 Å². The molecule has 1 atom stereocenters. The third kappa shape index (κ3) is 3.71. The fourth-order valence-electron chi connectivity index (χ4n) is 3.39. The Morgan fingerprint density at radius 2 is 1.76 bits per heavy atom. The maximum Gasteiger partial charge on any atom is 0.226 e. The normalized spacial score (nSPS) is 15.3. The first-order valence-corrected chi connectivity index (χ1v) is 9.87. The summed E-state index contributed by atoms with van der Waals surface area (Å²) in [6, 6.07) is 13.6. The fourth-order valence-corrected chi connectivity index (χ4v) is 4.46. The van der Waals surface area contributed by atoms with Crippen LogP contribution in [0.25, 0.3) is 0 Å². The van der Waals surface area contributed by atoms with Crippen LogP contribution in [0.4, 0.5) is 16.6 Å². The molecule has 8 heteroatoms. The molecule has 0 aliphatic carbocycles. The minimum atomic E-state index is -0.156. The van der Waals surface area contributed by atoms with Gasteiger partial charge in [0, 0.05) is 18.0 Å². The van der Waals surface area contributed by atoms with Crippen molar-refractivity contribution < 1.29 is 19.0 Å². The Hall–Kier alpha value is -3.26. The van der Waals surface area contributed by atoms with Gasteiger partial charge in [-0.25, -0.2) is 4.98 Å². The molecule has 0 fully saturated rings. The summed E-state index contributed by atoms with van der Waals surface area (Å²) >= 11 is 1.52. The van der Waals surface area contributed by atoms with E-state index in [1.807, 2.05) is 42.5 Å². The summed E-state index contributed by atoms with van der Waals surface area (Å²) in [6.45, 7) is 0. The Morgan fingerprint density at radius 3 is 2.38 bits per heavy atom. The zero-order chi connectivity index (χ0) is 20.4. The predicted molar refractivity (Wildman–Crippen MR) is 113 cm³/mol. The summed E-state index contributed by atoms with van der Waals surface area (Å²) < 4.78 is 16.4. The molecule has 150 valence electrons. The van der Waals surface area contributed by atoms with Crippen LogP contribution in [-0.4, -0.2) is 32.2 Å². The van der Waals surface area contributed by atoms with Gasteiger partial charge in [0.1, 0.15) is 5.82 Å². The van der Waals surface area contributed by atoms with Crippen LogP contribution >= 0.6 is 11.3 Å². The highest BCUT2D eigenvalue weighted by molar-refractivity contribution is 7.16. The van der Waals surface area contributed by atoms with Crippen LogP contribution in [0.3, 0.4) is 0 Å². The maximum absolute atomic E-state index is 12.4. The Labute approximate surface area is 172 Å². The first kappa shape index (κ1) is 19.1. The third-order valence-electron chi connectivity index (χ3n) is 4.73.